The monoisotopic (exact) mass is 1120 g/mol. The van der Waals surface area contributed by atoms with Crippen molar-refractivity contribution in [2.75, 3.05) is 21.3 Å². The van der Waals surface area contributed by atoms with Crippen LogP contribution >= 0.6 is 125 Å². The number of hydrogen-bond acceptors (Lipinski definition) is 19. The van der Waals surface area contributed by atoms with Gasteiger partial charge in [0.05, 0.1) is 49.2 Å². The fourth-order valence-electron chi connectivity index (χ4n) is 3.35. The van der Waals surface area contributed by atoms with Crippen molar-refractivity contribution in [2.45, 2.75) is 32.1 Å². The van der Waals surface area contributed by atoms with Crippen molar-refractivity contribution in [2.24, 2.45) is 10.3 Å². The van der Waals surface area contributed by atoms with Crippen LogP contribution in [0.2, 0.25) is 21.7 Å². The van der Waals surface area contributed by atoms with E-state index in [1.165, 1.54) is 70.0 Å². The number of sulfonamides is 2. The molecule has 31 heteroatoms. The summed E-state index contributed by atoms with van der Waals surface area (Å²) < 4.78 is 79.5. The summed E-state index contributed by atoms with van der Waals surface area (Å²) in [6.07, 6.45) is 0. The number of carbonyl (C=O) groups excluding carboxylic acids is 3. The highest BCUT2D eigenvalue weighted by molar-refractivity contribution is 8.15. The van der Waals surface area contributed by atoms with E-state index in [1.807, 2.05) is 0 Å². The summed E-state index contributed by atoms with van der Waals surface area (Å²) in [5.41, 5.74) is -0.179. The summed E-state index contributed by atoms with van der Waals surface area (Å²) in [4.78, 5) is 43.1. The first-order valence-electron chi connectivity index (χ1n) is 14.9. The number of carbonyl (C=O) groups is 4. The first kappa shape index (κ1) is 56.9. The summed E-state index contributed by atoms with van der Waals surface area (Å²) in [7, 11) is -2.67. The molecule has 0 atom stereocenters. The lowest BCUT2D eigenvalue weighted by molar-refractivity contribution is 0.0592. The van der Waals surface area contributed by atoms with Gasteiger partial charge in [0.25, 0.3) is 9.05 Å². The van der Waals surface area contributed by atoms with Crippen LogP contribution in [0, 0.1) is 0 Å². The number of rotatable bonds is 8. The Kier molecular flexibility index (Phi) is 22.6. The largest absolute Gasteiger partial charge is 0.478 e. The molecule has 5 heterocycles. The number of carboxylic acids is 1. The van der Waals surface area contributed by atoms with E-state index >= 15 is 0 Å². The zero-order valence-corrected chi connectivity index (χ0v) is 42.0. The van der Waals surface area contributed by atoms with Gasteiger partial charge in [0.2, 0.25) is 20.0 Å². The molecule has 5 aromatic rings. The Morgan fingerprint density at radius 1 is 0.590 bits per heavy atom. The number of methoxy groups -OCH3 is 3. The Balaban J connectivity index is 0.000000385. The van der Waals surface area contributed by atoms with Crippen molar-refractivity contribution >= 4 is 178 Å². The van der Waals surface area contributed by atoms with Crippen molar-refractivity contribution in [1.29, 1.82) is 0 Å². The predicted octanol–water partition coefficient (Wildman–Crippen LogP) is 8.52. The molecule has 0 saturated carbocycles. The highest BCUT2D eigenvalue weighted by Gasteiger charge is 2.26. The zero-order valence-electron chi connectivity index (χ0n) is 30.9. The third-order valence-corrected chi connectivity index (χ3v) is 17.5. The molecule has 0 amide bonds. The van der Waals surface area contributed by atoms with Crippen LogP contribution in [0.15, 0.2) is 53.7 Å². The summed E-state index contributed by atoms with van der Waals surface area (Å²) in [6, 6.07) is 6.59. The first-order chi connectivity index (χ1) is 27.8. The maximum absolute atomic E-state index is 11.0. The van der Waals surface area contributed by atoms with E-state index < -0.39 is 52.6 Å². The lowest BCUT2D eigenvalue weighted by Crippen LogP contribution is -2.15. The smallest absolute Gasteiger partial charge is 0.340 e. The predicted molar refractivity (Wildman–Crippen MR) is 239 cm³/mol. The van der Waals surface area contributed by atoms with Gasteiger partial charge in [-0.15, -0.1) is 56.7 Å². The Labute approximate surface area is 397 Å². The summed E-state index contributed by atoms with van der Waals surface area (Å²) in [6.45, 7) is 3.04. The molecule has 0 aliphatic rings. The minimum absolute atomic E-state index is 0.00149. The third-order valence-electron chi connectivity index (χ3n) is 6.13. The molecule has 0 unspecified atom stereocenters. The van der Waals surface area contributed by atoms with E-state index in [0.29, 0.717) is 42.5 Å². The van der Waals surface area contributed by atoms with Crippen molar-refractivity contribution in [1.82, 2.24) is 0 Å². The van der Waals surface area contributed by atoms with Crippen LogP contribution in [0.4, 0.5) is 0 Å². The molecule has 338 valence electrons. The van der Waals surface area contributed by atoms with Gasteiger partial charge in [-0.2, -0.15) is 0 Å². The number of aromatic carboxylic acids is 1. The van der Waals surface area contributed by atoms with Crippen LogP contribution < -0.4 is 10.3 Å². The van der Waals surface area contributed by atoms with Crippen LogP contribution in [-0.2, 0) is 48.9 Å². The van der Waals surface area contributed by atoms with E-state index in [-0.39, 0.29) is 48.3 Å². The van der Waals surface area contributed by atoms with Crippen molar-refractivity contribution in [3.05, 3.63) is 90.6 Å². The number of nitrogens with two attached hydrogens (primary N) is 2. The highest BCUT2D eigenvalue weighted by Crippen LogP contribution is 2.37. The summed E-state index contributed by atoms with van der Waals surface area (Å²) in [5.74, 6) is -2.74. The molecular formula is C30H28Cl6N2O15S8. The number of hydrogen-bond donors (Lipinski definition) is 4. The van der Waals surface area contributed by atoms with E-state index in [2.05, 4.69) is 14.2 Å². The second kappa shape index (κ2) is 24.2. The van der Waals surface area contributed by atoms with E-state index in [1.54, 1.807) is 16.8 Å². The van der Waals surface area contributed by atoms with Gasteiger partial charge in [0.1, 0.15) is 34.3 Å². The van der Waals surface area contributed by atoms with Gasteiger partial charge >= 0.3 is 23.9 Å². The van der Waals surface area contributed by atoms with Gasteiger partial charge in [-0.3, -0.25) is 0 Å². The van der Waals surface area contributed by atoms with Gasteiger partial charge in [0, 0.05) is 16.2 Å². The molecule has 61 heavy (non-hydrogen) atoms. The molecule has 0 aliphatic heterocycles. The number of primary sulfonamides is 2. The van der Waals surface area contributed by atoms with E-state index in [0.717, 1.165) is 23.5 Å². The quantitative estimate of drug-likeness (QED) is 0.0643. The number of carboxylic acid groups (broad SMARTS) is 1. The Bertz CT molecular complexity index is 2590. The van der Waals surface area contributed by atoms with Crippen molar-refractivity contribution in [3.63, 3.8) is 0 Å². The average molecular weight is 1130 g/mol. The van der Waals surface area contributed by atoms with Crippen LogP contribution in [0.1, 0.15) is 60.8 Å². The zero-order chi connectivity index (χ0) is 47.4. The molecule has 6 N–H and O–H groups in total. The molecule has 5 rings (SSSR count). The Morgan fingerprint density at radius 2 is 0.934 bits per heavy atom. The molecular weight excluding hydrogens is 1100 g/mol. The molecule has 0 spiro atoms. The van der Waals surface area contributed by atoms with Gasteiger partial charge < -0.3 is 24.4 Å². The summed E-state index contributed by atoms with van der Waals surface area (Å²) in [5, 5.41) is 31.2. The first-order valence-corrected chi connectivity index (χ1v) is 26.4. The van der Waals surface area contributed by atoms with Gasteiger partial charge in [-0.1, -0.05) is 58.0 Å². The molecule has 0 bridgehead atoms. The fourth-order valence-corrected chi connectivity index (χ4v) is 12.2. The van der Waals surface area contributed by atoms with Crippen molar-refractivity contribution < 1.29 is 68.9 Å². The Morgan fingerprint density at radius 3 is 1.18 bits per heavy atom. The second-order valence-corrected chi connectivity index (χ2v) is 25.2. The second-order valence-electron chi connectivity index (χ2n) is 10.8. The molecule has 0 aromatic carbocycles. The summed E-state index contributed by atoms with van der Waals surface area (Å²) >= 11 is 32.9. The minimum Gasteiger partial charge on any atom is -0.478 e. The topological polar surface area (TPSA) is 291 Å². The maximum atomic E-state index is 11.0. The molecule has 5 aromatic heterocycles. The molecule has 0 fully saturated rings. The number of ether oxygens (including phenoxy) is 3. The fraction of sp³-hybridized carbons (Fsp3) is 0.200. The number of thiophene rings is 5. The normalized spacial score (nSPS) is 11.2. The number of halogens is 6. The lowest BCUT2D eigenvalue weighted by atomic mass is 10.0. The lowest BCUT2D eigenvalue weighted by Gasteiger charge is -2.15. The van der Waals surface area contributed by atoms with Gasteiger partial charge in [-0.05, 0) is 54.9 Å². The van der Waals surface area contributed by atoms with Gasteiger partial charge in [0.15, 0.2) is 0 Å². The number of esters is 3. The SMILES string of the molecule is CC(C)(O)c1cc(S(N)(=O)=O)sc1Cl.COC(=O)c1cc(S(=O)(=O)Cl)sc1Cl.COC(=O)c1cc(S(N)(=O)=O)sc1Cl.COC(=O)c1ccsc1Cl.O=C(O)c1ccsc1Cl. The molecule has 0 radical (unpaired) electrons. The maximum Gasteiger partial charge on any atom is 0.340 e. The van der Waals surface area contributed by atoms with Crippen LogP contribution in [0.25, 0.3) is 0 Å². The Hall–Kier alpha value is -2.15. The highest BCUT2D eigenvalue weighted by atomic mass is 35.7. The van der Waals surface area contributed by atoms with Crippen LogP contribution in [-0.4, -0.2) is 80.7 Å². The standard InChI is InChI=1S/C7H10ClNO3S2.C6H4Cl2O4S2.C6H6ClNO4S2.C6H5ClO2S.C5H3ClO2S/c1-7(2,10)4-3-5(13-6(4)8)14(9,11)12;2*1-12-6(9)3-2-4(13-5(3)7)14(8,10)11;1-9-6(8)4-2-3-10-5(4)7;6-4-3(5(7)8)1-2-9-4/h3,10H,1-2H3,(H2,9,11,12);2H,1H3;2H,1H3,(H2,8,10,11);2-3H,1H3;1-2H,(H,7,8). The average Bonchev–Trinajstić information content (AvgIpc) is 3.99. The third kappa shape index (κ3) is 18.1. The van der Waals surface area contributed by atoms with E-state index in [9.17, 15) is 49.5 Å². The van der Waals surface area contributed by atoms with Gasteiger partial charge in [-0.25, -0.2) is 54.7 Å². The minimum atomic E-state index is -3.85. The number of aliphatic hydroxyl groups is 1. The van der Waals surface area contributed by atoms with E-state index in [4.69, 9.17) is 84.1 Å². The van der Waals surface area contributed by atoms with Crippen LogP contribution in [0.3, 0.4) is 0 Å². The van der Waals surface area contributed by atoms with Crippen LogP contribution in [0.5, 0.6) is 0 Å². The molecule has 17 nitrogen and oxygen atoms in total. The van der Waals surface area contributed by atoms with Crippen molar-refractivity contribution in [3.8, 4) is 0 Å². The molecule has 0 aliphatic carbocycles. The molecule has 0 saturated heterocycles.